The first-order valence-corrected chi connectivity index (χ1v) is 7.85. The van der Waals surface area contributed by atoms with Crippen LogP contribution in [0.1, 0.15) is 34.6 Å². The molecule has 1 aromatic carbocycles. The van der Waals surface area contributed by atoms with Crippen molar-refractivity contribution in [2.45, 2.75) is 19.9 Å². The number of aryl methyl sites for hydroxylation is 1. The molecular weight excluding hydrogens is 321 g/mol. The number of fused-ring (bicyclic) bond motifs is 1. The minimum Gasteiger partial charge on any atom is -0.496 e. The van der Waals surface area contributed by atoms with E-state index in [4.69, 9.17) is 4.74 Å². The number of aromatic nitrogens is 2. The van der Waals surface area contributed by atoms with Gasteiger partial charge in [-0.05, 0) is 49.2 Å². The van der Waals surface area contributed by atoms with Crippen LogP contribution in [0.5, 0.6) is 5.75 Å². The summed E-state index contributed by atoms with van der Waals surface area (Å²) >= 11 is 0. The summed E-state index contributed by atoms with van der Waals surface area (Å²) in [6.07, 6.45) is 3.35. The highest BCUT2D eigenvalue weighted by molar-refractivity contribution is 5.98. The zero-order valence-corrected chi connectivity index (χ0v) is 14.2. The van der Waals surface area contributed by atoms with Crippen molar-refractivity contribution < 1.29 is 13.9 Å². The van der Waals surface area contributed by atoms with Gasteiger partial charge < -0.3 is 10.1 Å². The normalized spacial score (nSPS) is 12.0. The molecule has 3 aromatic rings. The van der Waals surface area contributed by atoms with Crippen molar-refractivity contribution in [1.29, 1.82) is 0 Å². The largest absolute Gasteiger partial charge is 0.496 e. The maximum atomic E-state index is 13.7. The van der Waals surface area contributed by atoms with E-state index in [0.717, 1.165) is 5.56 Å². The third kappa shape index (κ3) is 3.42. The van der Waals surface area contributed by atoms with E-state index in [0.29, 0.717) is 22.2 Å². The first-order chi connectivity index (χ1) is 12.0. The fraction of sp³-hybridized carbons (Fsp3) is 0.211. The molecule has 0 spiro atoms. The van der Waals surface area contributed by atoms with E-state index in [-0.39, 0.29) is 23.5 Å². The summed E-state index contributed by atoms with van der Waals surface area (Å²) < 4.78 is 19.0. The lowest BCUT2D eigenvalue weighted by atomic mass is 10.1. The molecule has 3 rings (SSSR count). The average Bonchev–Trinajstić information content (AvgIpc) is 2.61. The van der Waals surface area contributed by atoms with E-state index in [1.807, 2.05) is 19.1 Å². The van der Waals surface area contributed by atoms with Crippen LogP contribution in [0.15, 0.2) is 42.7 Å². The van der Waals surface area contributed by atoms with Gasteiger partial charge in [-0.15, -0.1) is 0 Å². The molecule has 2 aromatic heterocycles. The third-order valence-electron chi connectivity index (χ3n) is 4.04. The first kappa shape index (κ1) is 16.8. The second kappa shape index (κ2) is 6.84. The van der Waals surface area contributed by atoms with Crippen LogP contribution in [-0.4, -0.2) is 23.0 Å². The molecule has 5 nitrogen and oxygen atoms in total. The van der Waals surface area contributed by atoms with Crippen molar-refractivity contribution >= 4 is 16.8 Å². The number of rotatable bonds is 4. The van der Waals surface area contributed by atoms with Gasteiger partial charge in [0.1, 0.15) is 17.3 Å². The topological polar surface area (TPSA) is 64.1 Å². The Hall–Kier alpha value is -3.02. The van der Waals surface area contributed by atoms with Crippen molar-refractivity contribution in [2.24, 2.45) is 0 Å². The van der Waals surface area contributed by atoms with Gasteiger partial charge in [0.25, 0.3) is 5.91 Å². The minimum atomic E-state index is -0.367. The lowest BCUT2D eigenvalue weighted by molar-refractivity contribution is 0.0935. The summed E-state index contributed by atoms with van der Waals surface area (Å²) in [5.41, 5.74) is 2.35. The zero-order valence-electron chi connectivity index (χ0n) is 14.2. The Bertz CT molecular complexity index is 929. The number of methoxy groups -OCH3 is 1. The minimum absolute atomic E-state index is 0.201. The Morgan fingerprint density at radius 2 is 1.96 bits per heavy atom. The van der Waals surface area contributed by atoms with E-state index in [1.54, 1.807) is 19.3 Å². The summed E-state index contributed by atoms with van der Waals surface area (Å²) in [7, 11) is 1.48. The van der Waals surface area contributed by atoms with Gasteiger partial charge in [0.05, 0.1) is 18.7 Å². The molecule has 25 heavy (non-hydrogen) atoms. The van der Waals surface area contributed by atoms with Crippen molar-refractivity contribution in [1.82, 2.24) is 15.3 Å². The van der Waals surface area contributed by atoms with E-state index in [1.165, 1.54) is 25.3 Å². The van der Waals surface area contributed by atoms with E-state index in [2.05, 4.69) is 15.3 Å². The average molecular weight is 339 g/mol. The predicted molar refractivity (Wildman–Crippen MR) is 93.1 cm³/mol. The summed E-state index contributed by atoms with van der Waals surface area (Å²) in [6.45, 7) is 3.63. The standard InChI is InChI=1S/C19H18FN3O2/c1-11-8-14(20)9-15-17(25-3)10-16(23-18(11)15)19(24)22-12(2)13-4-6-21-7-5-13/h4-10,12H,1-3H3,(H,22,24)/t12-/m0/s1. The second-order valence-electron chi connectivity index (χ2n) is 5.80. The highest BCUT2D eigenvalue weighted by atomic mass is 19.1. The van der Waals surface area contributed by atoms with Crippen LogP contribution in [0.2, 0.25) is 0 Å². The molecule has 0 bridgehead atoms. The smallest absolute Gasteiger partial charge is 0.270 e. The Labute approximate surface area is 144 Å². The van der Waals surface area contributed by atoms with Gasteiger partial charge in [0.2, 0.25) is 0 Å². The van der Waals surface area contributed by atoms with Crippen LogP contribution in [0.25, 0.3) is 10.9 Å². The number of carbonyl (C=O) groups is 1. The molecule has 0 aliphatic heterocycles. The summed E-state index contributed by atoms with van der Waals surface area (Å²) in [5, 5.41) is 3.44. The number of carbonyl (C=O) groups excluding carboxylic acids is 1. The maximum absolute atomic E-state index is 13.7. The Morgan fingerprint density at radius 1 is 1.24 bits per heavy atom. The van der Waals surface area contributed by atoms with Crippen molar-refractivity contribution in [3.63, 3.8) is 0 Å². The van der Waals surface area contributed by atoms with E-state index < -0.39 is 0 Å². The third-order valence-corrected chi connectivity index (χ3v) is 4.04. The summed E-state index contributed by atoms with van der Waals surface area (Å²) in [5.74, 6) is -0.281. The van der Waals surface area contributed by atoms with Gasteiger partial charge in [-0.1, -0.05) is 0 Å². The fourth-order valence-electron chi connectivity index (χ4n) is 2.72. The molecule has 1 N–H and O–H groups in total. The van der Waals surface area contributed by atoms with Crippen LogP contribution < -0.4 is 10.1 Å². The molecule has 0 radical (unpaired) electrons. The van der Waals surface area contributed by atoms with Crippen molar-refractivity contribution in [3.8, 4) is 5.75 Å². The lowest BCUT2D eigenvalue weighted by Gasteiger charge is -2.15. The number of hydrogen-bond donors (Lipinski definition) is 1. The number of halogens is 1. The molecule has 6 heteroatoms. The van der Waals surface area contributed by atoms with Gasteiger partial charge in [-0.3, -0.25) is 9.78 Å². The highest BCUT2D eigenvalue weighted by Gasteiger charge is 2.17. The van der Waals surface area contributed by atoms with Crippen LogP contribution in [0, 0.1) is 12.7 Å². The molecule has 0 fully saturated rings. The molecule has 1 atom stereocenters. The molecule has 0 saturated heterocycles. The molecule has 0 aliphatic rings. The highest BCUT2D eigenvalue weighted by Crippen LogP contribution is 2.28. The molecule has 0 saturated carbocycles. The number of pyridine rings is 2. The van der Waals surface area contributed by atoms with Gasteiger partial charge in [-0.2, -0.15) is 0 Å². The van der Waals surface area contributed by atoms with Gasteiger partial charge >= 0.3 is 0 Å². The Morgan fingerprint density at radius 3 is 2.64 bits per heavy atom. The lowest BCUT2D eigenvalue weighted by Crippen LogP contribution is -2.27. The number of amides is 1. The number of hydrogen-bond acceptors (Lipinski definition) is 4. The van der Waals surface area contributed by atoms with E-state index >= 15 is 0 Å². The van der Waals surface area contributed by atoms with Crippen LogP contribution in [-0.2, 0) is 0 Å². The van der Waals surface area contributed by atoms with Crippen LogP contribution in [0.4, 0.5) is 4.39 Å². The quantitative estimate of drug-likeness (QED) is 0.789. The Balaban J connectivity index is 1.96. The maximum Gasteiger partial charge on any atom is 0.270 e. The monoisotopic (exact) mass is 339 g/mol. The summed E-state index contributed by atoms with van der Waals surface area (Å²) in [6, 6.07) is 7.74. The molecule has 0 aliphatic carbocycles. The molecule has 1 amide bonds. The zero-order chi connectivity index (χ0) is 18.0. The SMILES string of the molecule is COc1cc(C(=O)N[C@@H](C)c2ccncc2)nc2c(C)cc(F)cc12. The van der Waals surface area contributed by atoms with Gasteiger partial charge in [-0.25, -0.2) is 9.37 Å². The molecule has 0 unspecified atom stereocenters. The number of nitrogens with one attached hydrogen (secondary N) is 1. The van der Waals surface area contributed by atoms with Gasteiger partial charge in [0.15, 0.2) is 0 Å². The predicted octanol–water partition coefficient (Wildman–Crippen LogP) is 3.58. The molecular formula is C19H18FN3O2. The van der Waals surface area contributed by atoms with E-state index in [9.17, 15) is 9.18 Å². The molecule has 2 heterocycles. The van der Waals surface area contributed by atoms with Gasteiger partial charge in [0, 0.05) is 23.8 Å². The van der Waals surface area contributed by atoms with Crippen LogP contribution >= 0.6 is 0 Å². The fourth-order valence-corrected chi connectivity index (χ4v) is 2.72. The van der Waals surface area contributed by atoms with Crippen LogP contribution in [0.3, 0.4) is 0 Å². The Kier molecular flexibility index (Phi) is 4.61. The number of nitrogens with zero attached hydrogens (tertiary/aromatic N) is 2. The molecule has 128 valence electrons. The first-order valence-electron chi connectivity index (χ1n) is 7.85. The van der Waals surface area contributed by atoms with Crippen molar-refractivity contribution in [3.05, 3.63) is 65.4 Å². The number of ether oxygens (including phenoxy) is 1. The van der Waals surface area contributed by atoms with Crippen molar-refractivity contribution in [2.75, 3.05) is 7.11 Å². The second-order valence-corrected chi connectivity index (χ2v) is 5.80. The number of benzene rings is 1. The summed E-state index contributed by atoms with van der Waals surface area (Å²) in [4.78, 5) is 21.0.